The summed E-state index contributed by atoms with van der Waals surface area (Å²) in [4.78, 5) is 40.4. The van der Waals surface area contributed by atoms with Crippen molar-refractivity contribution in [3.8, 4) is 11.8 Å². The number of anilines is 1. The predicted molar refractivity (Wildman–Crippen MR) is 131 cm³/mol. The molecule has 1 amide bonds. The molecular weight excluding hydrogens is 444 g/mol. The van der Waals surface area contributed by atoms with Crippen LogP contribution in [0.5, 0.6) is 0 Å². The smallest absolute Gasteiger partial charge is 0.359 e. The number of para-hydroxylation sites is 1. The van der Waals surface area contributed by atoms with Crippen molar-refractivity contribution in [2.24, 2.45) is 0 Å². The van der Waals surface area contributed by atoms with Gasteiger partial charge < -0.3 is 9.64 Å². The van der Waals surface area contributed by atoms with Gasteiger partial charge in [0.25, 0.3) is 11.5 Å². The Hall–Kier alpha value is -4.77. The number of hydrogen-bond acceptors (Lipinski definition) is 6. The molecule has 35 heavy (non-hydrogen) atoms. The first-order chi connectivity index (χ1) is 17.0. The monoisotopic (exact) mass is 466 g/mol. The van der Waals surface area contributed by atoms with E-state index in [-0.39, 0.29) is 24.2 Å². The van der Waals surface area contributed by atoms with E-state index >= 15 is 0 Å². The zero-order valence-corrected chi connectivity index (χ0v) is 19.0. The Morgan fingerprint density at radius 2 is 1.63 bits per heavy atom. The molecule has 8 heteroatoms. The van der Waals surface area contributed by atoms with E-state index in [2.05, 4.69) is 5.10 Å². The minimum atomic E-state index is -0.830. The van der Waals surface area contributed by atoms with E-state index in [0.717, 1.165) is 10.2 Å². The molecule has 4 rings (SSSR count). The molecule has 4 aromatic rings. The average Bonchev–Trinajstić information content (AvgIpc) is 2.89. The molecule has 0 fully saturated rings. The zero-order chi connectivity index (χ0) is 24.8. The quantitative estimate of drug-likeness (QED) is 0.384. The van der Waals surface area contributed by atoms with Gasteiger partial charge in [-0.25, -0.2) is 4.79 Å². The summed E-state index contributed by atoms with van der Waals surface area (Å²) in [5.74, 6) is -1.30. The van der Waals surface area contributed by atoms with Crippen molar-refractivity contribution in [2.75, 3.05) is 18.1 Å². The molecule has 1 heterocycles. The fourth-order valence-corrected chi connectivity index (χ4v) is 3.64. The van der Waals surface area contributed by atoms with Crippen LogP contribution in [0.25, 0.3) is 16.5 Å². The number of nitrogens with zero attached hydrogens (tertiary/aromatic N) is 4. The molecule has 0 saturated carbocycles. The standard InChI is InChI=1S/C27H22N4O4/c1-19-12-14-20(15-13-19)30(17-7-16-28)24(32)18-35-27(34)25-22-10-5-6-11-23(22)26(33)31(29-25)21-8-3-2-4-9-21/h2-6,8-15H,7,17-18H2,1H3. The molecule has 8 nitrogen and oxygen atoms in total. The van der Waals surface area contributed by atoms with Gasteiger partial charge in [0, 0.05) is 17.6 Å². The van der Waals surface area contributed by atoms with Crippen molar-refractivity contribution in [3.05, 3.63) is 100 Å². The Balaban J connectivity index is 1.62. The highest BCUT2D eigenvalue weighted by atomic mass is 16.5. The van der Waals surface area contributed by atoms with Gasteiger partial charge in [0.1, 0.15) is 0 Å². The molecule has 0 aliphatic rings. The fraction of sp³-hybridized carbons (Fsp3) is 0.148. The second-order valence-corrected chi connectivity index (χ2v) is 7.81. The second-order valence-electron chi connectivity index (χ2n) is 7.81. The van der Waals surface area contributed by atoms with Crippen molar-refractivity contribution in [1.82, 2.24) is 9.78 Å². The third-order valence-corrected chi connectivity index (χ3v) is 5.42. The van der Waals surface area contributed by atoms with E-state index in [1.807, 2.05) is 31.2 Å². The number of fused-ring (bicyclic) bond motifs is 1. The molecule has 0 N–H and O–H groups in total. The van der Waals surface area contributed by atoms with Crippen molar-refractivity contribution < 1.29 is 14.3 Å². The normalized spacial score (nSPS) is 10.5. The highest BCUT2D eigenvalue weighted by Gasteiger charge is 2.22. The number of esters is 1. The molecule has 174 valence electrons. The SMILES string of the molecule is Cc1ccc(N(CCC#N)C(=O)COC(=O)c2nn(-c3ccccc3)c(=O)c3ccccc23)cc1. The summed E-state index contributed by atoms with van der Waals surface area (Å²) in [7, 11) is 0. The maximum atomic E-state index is 13.1. The maximum absolute atomic E-state index is 13.1. The van der Waals surface area contributed by atoms with Crippen LogP contribution in [0.15, 0.2) is 83.7 Å². The van der Waals surface area contributed by atoms with Gasteiger partial charge in [0.05, 0.1) is 23.6 Å². The summed E-state index contributed by atoms with van der Waals surface area (Å²) in [5, 5.41) is 13.9. The molecule has 1 aromatic heterocycles. The van der Waals surface area contributed by atoms with E-state index in [0.29, 0.717) is 22.1 Å². The Labute approximate surface area is 201 Å². The van der Waals surface area contributed by atoms with E-state index in [9.17, 15) is 14.4 Å². The van der Waals surface area contributed by atoms with Gasteiger partial charge in [-0.2, -0.15) is 15.0 Å². The number of ether oxygens (including phenoxy) is 1. The van der Waals surface area contributed by atoms with Crippen molar-refractivity contribution in [1.29, 1.82) is 5.26 Å². The largest absolute Gasteiger partial charge is 0.451 e. The van der Waals surface area contributed by atoms with Gasteiger partial charge in [0.15, 0.2) is 12.3 Å². The Morgan fingerprint density at radius 3 is 2.31 bits per heavy atom. The lowest BCUT2D eigenvalue weighted by Crippen LogP contribution is -2.35. The highest BCUT2D eigenvalue weighted by Crippen LogP contribution is 2.18. The van der Waals surface area contributed by atoms with Gasteiger partial charge in [-0.3, -0.25) is 9.59 Å². The molecule has 0 bridgehead atoms. The summed E-state index contributed by atoms with van der Waals surface area (Å²) in [6.07, 6.45) is 0.127. The van der Waals surface area contributed by atoms with E-state index in [1.165, 1.54) is 4.90 Å². The lowest BCUT2D eigenvalue weighted by molar-refractivity contribution is -0.121. The second kappa shape index (κ2) is 10.4. The summed E-state index contributed by atoms with van der Waals surface area (Å²) in [5.41, 5.74) is 1.68. The number of hydrogen-bond donors (Lipinski definition) is 0. The third-order valence-electron chi connectivity index (χ3n) is 5.42. The van der Waals surface area contributed by atoms with E-state index in [1.54, 1.807) is 60.7 Å². The number of benzene rings is 3. The van der Waals surface area contributed by atoms with Crippen LogP contribution in [0.3, 0.4) is 0 Å². The minimum Gasteiger partial charge on any atom is -0.451 e. The number of aryl methyl sites for hydroxylation is 1. The van der Waals surface area contributed by atoms with Gasteiger partial charge in [-0.05, 0) is 37.3 Å². The van der Waals surface area contributed by atoms with Crippen LogP contribution in [0, 0.1) is 18.3 Å². The van der Waals surface area contributed by atoms with Crippen LogP contribution in [0.2, 0.25) is 0 Å². The Kier molecular flexibility index (Phi) is 6.98. The first-order valence-corrected chi connectivity index (χ1v) is 11.0. The molecule has 0 aliphatic carbocycles. The molecular formula is C27H22N4O4. The molecule has 0 unspecified atom stereocenters. The summed E-state index contributed by atoms with van der Waals surface area (Å²) >= 11 is 0. The van der Waals surface area contributed by atoms with Gasteiger partial charge >= 0.3 is 5.97 Å². The zero-order valence-electron chi connectivity index (χ0n) is 19.0. The third kappa shape index (κ3) is 5.09. The van der Waals surface area contributed by atoms with Crippen molar-refractivity contribution in [2.45, 2.75) is 13.3 Å². The predicted octanol–water partition coefficient (Wildman–Crippen LogP) is 3.80. The van der Waals surface area contributed by atoms with Crippen LogP contribution >= 0.6 is 0 Å². The van der Waals surface area contributed by atoms with Gasteiger partial charge in [-0.1, -0.05) is 54.1 Å². The number of rotatable bonds is 7. The highest BCUT2D eigenvalue weighted by molar-refractivity contribution is 6.03. The Morgan fingerprint density at radius 1 is 0.971 bits per heavy atom. The lowest BCUT2D eigenvalue weighted by atomic mass is 10.1. The number of carbonyl (C=O) groups is 2. The summed E-state index contributed by atoms with van der Waals surface area (Å²) in [6, 6.07) is 24.7. The average molecular weight is 466 g/mol. The minimum absolute atomic E-state index is 0.0734. The molecule has 0 saturated heterocycles. The Bertz CT molecular complexity index is 1470. The van der Waals surface area contributed by atoms with Gasteiger partial charge in [0.2, 0.25) is 0 Å². The van der Waals surface area contributed by atoms with Crippen LogP contribution < -0.4 is 10.5 Å². The van der Waals surface area contributed by atoms with E-state index < -0.39 is 18.5 Å². The molecule has 3 aromatic carbocycles. The van der Waals surface area contributed by atoms with Crippen molar-refractivity contribution in [3.63, 3.8) is 0 Å². The summed E-state index contributed by atoms with van der Waals surface area (Å²) in [6.45, 7) is 1.55. The number of amides is 1. The number of aromatic nitrogens is 2. The molecule has 0 spiro atoms. The summed E-state index contributed by atoms with van der Waals surface area (Å²) < 4.78 is 6.49. The van der Waals surface area contributed by atoms with Crippen LogP contribution in [0.4, 0.5) is 5.69 Å². The molecule has 0 aliphatic heterocycles. The van der Waals surface area contributed by atoms with Crippen LogP contribution in [-0.2, 0) is 9.53 Å². The topological polar surface area (TPSA) is 105 Å². The number of nitriles is 1. The molecule has 0 atom stereocenters. The first kappa shape index (κ1) is 23.4. The van der Waals surface area contributed by atoms with E-state index in [4.69, 9.17) is 10.00 Å². The molecule has 0 radical (unpaired) electrons. The number of carbonyl (C=O) groups excluding carboxylic acids is 2. The first-order valence-electron chi connectivity index (χ1n) is 11.0. The van der Waals surface area contributed by atoms with Gasteiger partial charge in [-0.15, -0.1) is 0 Å². The lowest BCUT2D eigenvalue weighted by Gasteiger charge is -2.22. The van der Waals surface area contributed by atoms with Crippen LogP contribution in [-0.4, -0.2) is 34.8 Å². The van der Waals surface area contributed by atoms with Crippen molar-refractivity contribution >= 4 is 28.3 Å². The maximum Gasteiger partial charge on any atom is 0.359 e. The van der Waals surface area contributed by atoms with Crippen LogP contribution in [0.1, 0.15) is 22.5 Å². The fourth-order valence-electron chi connectivity index (χ4n) is 3.64.